The Morgan fingerprint density at radius 2 is 1.36 bits per heavy atom. The first-order valence-electron chi connectivity index (χ1n) is 7.83. The Bertz CT molecular complexity index is 1170. The van der Waals surface area contributed by atoms with Crippen LogP contribution in [0, 0.1) is 20.2 Å². The summed E-state index contributed by atoms with van der Waals surface area (Å²) in [6.45, 7) is 0. The fourth-order valence-electron chi connectivity index (χ4n) is 3.22. The van der Waals surface area contributed by atoms with Gasteiger partial charge in [0, 0.05) is 34.1 Å². The molecule has 0 atom stereocenters. The summed E-state index contributed by atoms with van der Waals surface area (Å²) in [7, 11) is 0. The van der Waals surface area contributed by atoms with Crippen molar-refractivity contribution in [3.8, 4) is 0 Å². The Kier molecular flexibility index (Phi) is 3.93. The predicted molar refractivity (Wildman–Crippen MR) is 103 cm³/mol. The molecule has 2 amide bonds. The van der Waals surface area contributed by atoms with Gasteiger partial charge >= 0.3 is 0 Å². The molecule has 0 saturated heterocycles. The second-order valence-electron chi connectivity index (χ2n) is 6.02. The third-order valence-corrected chi connectivity index (χ3v) is 4.87. The minimum Gasteiger partial charge on any atom is -0.268 e. The van der Waals surface area contributed by atoms with Crippen LogP contribution >= 0.6 is 15.9 Å². The van der Waals surface area contributed by atoms with Gasteiger partial charge in [-0.3, -0.25) is 29.8 Å². The van der Waals surface area contributed by atoms with Crippen LogP contribution in [-0.4, -0.2) is 21.7 Å². The molecule has 0 unspecified atom stereocenters. The van der Waals surface area contributed by atoms with E-state index in [-0.39, 0.29) is 27.6 Å². The lowest BCUT2D eigenvalue weighted by Gasteiger charge is -2.27. The van der Waals surface area contributed by atoms with Gasteiger partial charge in [0.05, 0.1) is 26.7 Å². The van der Waals surface area contributed by atoms with E-state index < -0.39 is 33.0 Å². The van der Waals surface area contributed by atoms with Crippen LogP contribution in [0.3, 0.4) is 0 Å². The van der Waals surface area contributed by atoms with E-state index in [1.54, 1.807) is 12.1 Å². The number of hydrogen-bond donors (Lipinski definition) is 0. The molecule has 0 aliphatic carbocycles. The molecule has 3 aromatic rings. The van der Waals surface area contributed by atoms with E-state index >= 15 is 0 Å². The van der Waals surface area contributed by atoms with Crippen LogP contribution < -0.4 is 4.90 Å². The van der Waals surface area contributed by atoms with Crippen LogP contribution in [0.5, 0.6) is 0 Å². The highest BCUT2D eigenvalue weighted by molar-refractivity contribution is 9.10. The van der Waals surface area contributed by atoms with E-state index in [2.05, 4.69) is 15.9 Å². The number of rotatable bonds is 3. The number of hydrogen-bond acceptors (Lipinski definition) is 6. The molecule has 4 rings (SSSR count). The first kappa shape index (κ1) is 17.7. The topological polar surface area (TPSA) is 124 Å². The zero-order chi connectivity index (χ0) is 20.2. The van der Waals surface area contributed by atoms with Gasteiger partial charge in [0.15, 0.2) is 0 Å². The lowest BCUT2D eigenvalue weighted by atomic mass is 9.92. The maximum absolute atomic E-state index is 13.1. The molecule has 0 aromatic heterocycles. The van der Waals surface area contributed by atoms with E-state index in [4.69, 9.17) is 0 Å². The highest BCUT2D eigenvalue weighted by Crippen LogP contribution is 2.38. The molecule has 0 fully saturated rings. The van der Waals surface area contributed by atoms with Crippen LogP contribution in [-0.2, 0) is 0 Å². The van der Waals surface area contributed by atoms with Crippen LogP contribution in [0.15, 0.2) is 53.0 Å². The Morgan fingerprint density at radius 3 is 1.82 bits per heavy atom. The van der Waals surface area contributed by atoms with Crippen molar-refractivity contribution in [3.05, 3.63) is 84.4 Å². The minimum atomic E-state index is -0.738. The lowest BCUT2D eigenvalue weighted by Crippen LogP contribution is -2.40. The Labute approximate surface area is 164 Å². The number of carbonyl (C=O) groups excluding carboxylic acids is 2. The van der Waals surface area contributed by atoms with E-state index in [0.29, 0.717) is 4.47 Å². The summed E-state index contributed by atoms with van der Waals surface area (Å²) in [4.78, 5) is 48.1. The Hall–Kier alpha value is -3.66. The average molecular weight is 442 g/mol. The number of non-ortho nitro benzene ring substituents is 2. The van der Waals surface area contributed by atoms with Gasteiger partial charge in [0.1, 0.15) is 0 Å². The van der Waals surface area contributed by atoms with Gasteiger partial charge in [-0.05, 0) is 23.6 Å². The minimum absolute atomic E-state index is 0.0614. The monoisotopic (exact) mass is 441 g/mol. The van der Waals surface area contributed by atoms with Crippen LogP contribution in [0.4, 0.5) is 17.1 Å². The van der Waals surface area contributed by atoms with Crippen LogP contribution in [0.25, 0.3) is 10.8 Å². The molecular formula is C18H8BrN3O6. The van der Waals surface area contributed by atoms with Crippen molar-refractivity contribution in [1.82, 2.24) is 0 Å². The predicted octanol–water partition coefficient (Wildman–Crippen LogP) is 4.22. The third kappa shape index (κ3) is 2.62. The van der Waals surface area contributed by atoms with Crippen molar-refractivity contribution in [1.29, 1.82) is 0 Å². The molecular weight excluding hydrogens is 434 g/mol. The Balaban J connectivity index is 2.07. The van der Waals surface area contributed by atoms with Crippen molar-refractivity contribution >= 4 is 55.6 Å². The van der Waals surface area contributed by atoms with E-state index in [9.17, 15) is 29.8 Å². The first-order valence-corrected chi connectivity index (χ1v) is 8.62. The molecule has 0 spiro atoms. The van der Waals surface area contributed by atoms with Crippen molar-refractivity contribution in [3.63, 3.8) is 0 Å². The summed E-state index contributed by atoms with van der Waals surface area (Å²) in [5.41, 5.74) is -0.680. The number of amides is 2. The standard InChI is InChI=1S/C18H8BrN3O6/c19-10-2-1-3-11(6-10)20-17(23)14-7-12(21(25)26)4-9-5-13(22(27)28)8-15(16(9)14)18(20)24/h1-8H. The van der Waals surface area contributed by atoms with E-state index in [1.807, 2.05) is 0 Å². The zero-order valence-electron chi connectivity index (χ0n) is 13.8. The Morgan fingerprint density at radius 1 is 0.821 bits per heavy atom. The number of nitrogens with zero attached hydrogens (tertiary/aromatic N) is 3. The number of benzene rings is 3. The third-order valence-electron chi connectivity index (χ3n) is 4.37. The summed E-state index contributed by atoms with van der Waals surface area (Å²) in [5.74, 6) is -1.48. The van der Waals surface area contributed by atoms with Gasteiger partial charge in [-0.2, -0.15) is 0 Å². The van der Waals surface area contributed by atoms with Crippen molar-refractivity contribution in [2.24, 2.45) is 0 Å². The summed E-state index contributed by atoms with van der Waals surface area (Å²) in [6.07, 6.45) is 0. The maximum atomic E-state index is 13.1. The normalized spacial score (nSPS) is 13.1. The van der Waals surface area contributed by atoms with Gasteiger partial charge in [0.25, 0.3) is 23.2 Å². The fourth-order valence-corrected chi connectivity index (χ4v) is 3.60. The van der Waals surface area contributed by atoms with Gasteiger partial charge in [-0.15, -0.1) is 0 Å². The highest BCUT2D eigenvalue weighted by Gasteiger charge is 2.36. The highest BCUT2D eigenvalue weighted by atomic mass is 79.9. The quantitative estimate of drug-likeness (QED) is 0.340. The van der Waals surface area contributed by atoms with E-state index in [0.717, 1.165) is 29.2 Å². The number of carbonyl (C=O) groups is 2. The van der Waals surface area contributed by atoms with E-state index in [1.165, 1.54) is 12.1 Å². The zero-order valence-corrected chi connectivity index (χ0v) is 15.4. The molecule has 28 heavy (non-hydrogen) atoms. The molecule has 3 aromatic carbocycles. The molecule has 0 saturated carbocycles. The summed E-state index contributed by atoms with van der Waals surface area (Å²) >= 11 is 3.26. The van der Waals surface area contributed by atoms with Crippen molar-refractivity contribution in [2.75, 3.05) is 4.90 Å². The van der Waals surface area contributed by atoms with Crippen molar-refractivity contribution < 1.29 is 19.4 Å². The molecule has 0 radical (unpaired) electrons. The average Bonchev–Trinajstić information content (AvgIpc) is 2.65. The van der Waals surface area contributed by atoms with Crippen molar-refractivity contribution in [2.45, 2.75) is 0 Å². The van der Waals surface area contributed by atoms with Gasteiger partial charge in [0.2, 0.25) is 0 Å². The van der Waals surface area contributed by atoms with Crippen LogP contribution in [0.1, 0.15) is 20.7 Å². The molecule has 10 heteroatoms. The van der Waals surface area contributed by atoms with Gasteiger partial charge in [-0.1, -0.05) is 22.0 Å². The number of imide groups is 1. The van der Waals surface area contributed by atoms with Gasteiger partial charge in [-0.25, -0.2) is 4.90 Å². The maximum Gasteiger partial charge on any atom is 0.270 e. The summed E-state index contributed by atoms with van der Waals surface area (Å²) in [6, 6.07) is 10.8. The summed E-state index contributed by atoms with van der Waals surface area (Å²) < 4.78 is 0.611. The summed E-state index contributed by atoms with van der Waals surface area (Å²) in [5, 5.41) is 22.8. The molecule has 9 nitrogen and oxygen atoms in total. The molecule has 0 N–H and O–H groups in total. The number of nitro benzene ring substituents is 2. The first-order chi connectivity index (χ1) is 13.3. The van der Waals surface area contributed by atoms with Crippen LogP contribution in [0.2, 0.25) is 0 Å². The molecule has 1 aliphatic rings. The molecule has 138 valence electrons. The second-order valence-corrected chi connectivity index (χ2v) is 6.94. The number of anilines is 1. The number of halogens is 1. The lowest BCUT2D eigenvalue weighted by molar-refractivity contribution is -0.385. The second kappa shape index (κ2) is 6.20. The fraction of sp³-hybridized carbons (Fsp3) is 0. The SMILES string of the molecule is O=C1c2cc([N+](=O)[O-])cc3cc([N+](=O)[O-])cc(c23)C(=O)N1c1cccc(Br)c1. The molecule has 1 aliphatic heterocycles. The molecule has 0 bridgehead atoms. The van der Waals surface area contributed by atoms with Gasteiger partial charge < -0.3 is 0 Å². The smallest absolute Gasteiger partial charge is 0.268 e. The molecule has 1 heterocycles. The largest absolute Gasteiger partial charge is 0.270 e. The number of nitro groups is 2.